The molecule has 0 aliphatic rings. The van der Waals surface area contributed by atoms with E-state index in [9.17, 15) is 4.79 Å². The molecule has 0 saturated carbocycles. The highest BCUT2D eigenvalue weighted by molar-refractivity contribution is 5.85. The van der Waals surface area contributed by atoms with Crippen LogP contribution in [0.15, 0.2) is 18.3 Å². The molecule has 0 aromatic carbocycles. The van der Waals surface area contributed by atoms with Crippen molar-refractivity contribution < 1.29 is 9.53 Å². The van der Waals surface area contributed by atoms with Gasteiger partial charge >= 0.3 is 0 Å². The van der Waals surface area contributed by atoms with Gasteiger partial charge < -0.3 is 15.8 Å². The fourth-order valence-electron chi connectivity index (χ4n) is 1.11. The Hall–Kier alpha value is -1.33. The second kappa shape index (κ2) is 7.90. The largest absolute Gasteiger partial charge is 0.384 e. The predicted molar refractivity (Wildman–Crippen MR) is 64.5 cm³/mol. The van der Waals surface area contributed by atoms with Gasteiger partial charge in [0.2, 0.25) is 5.91 Å². The number of nitrogens with zero attached hydrogens (tertiary/aromatic N) is 1. The van der Waals surface area contributed by atoms with Crippen LogP contribution < -0.4 is 11.1 Å². The van der Waals surface area contributed by atoms with Crippen LogP contribution in [0, 0.1) is 0 Å². The lowest BCUT2D eigenvalue weighted by Crippen LogP contribution is -2.28. The lowest BCUT2D eigenvalue weighted by atomic mass is 10.2. The summed E-state index contributed by atoms with van der Waals surface area (Å²) in [5, 5.41) is 2.72. The molecule has 3 N–H and O–H groups in total. The number of carbonyl (C=O) groups excluding carboxylic acids is 1. The topological polar surface area (TPSA) is 77.2 Å². The summed E-state index contributed by atoms with van der Waals surface area (Å²) in [6.07, 6.45) is 2.44. The molecule has 1 rings (SSSR count). The molecule has 1 heterocycles. The van der Waals surface area contributed by atoms with Gasteiger partial charge in [-0.05, 0) is 18.1 Å². The number of ether oxygens (including phenoxy) is 1. The molecule has 0 saturated heterocycles. The van der Waals surface area contributed by atoms with Crippen molar-refractivity contribution >= 4 is 24.1 Å². The van der Waals surface area contributed by atoms with E-state index in [1.54, 1.807) is 12.3 Å². The molecule has 1 amide bonds. The number of anilines is 1. The summed E-state index contributed by atoms with van der Waals surface area (Å²) in [6, 6.07) is 3.64. The van der Waals surface area contributed by atoms with E-state index in [-0.39, 0.29) is 24.9 Å². The summed E-state index contributed by atoms with van der Waals surface area (Å²) >= 11 is 0. The van der Waals surface area contributed by atoms with E-state index in [4.69, 9.17) is 5.73 Å². The monoisotopic (exact) mass is 245 g/mol. The minimum atomic E-state index is -0.110. The summed E-state index contributed by atoms with van der Waals surface area (Å²) in [6.45, 7) is 0.674. The van der Waals surface area contributed by atoms with Crippen molar-refractivity contribution in [1.82, 2.24) is 10.3 Å². The van der Waals surface area contributed by atoms with Crippen LogP contribution >= 0.6 is 12.4 Å². The molecule has 16 heavy (non-hydrogen) atoms. The maximum absolute atomic E-state index is 11.0. The Bertz CT molecular complexity index is 316. The van der Waals surface area contributed by atoms with Crippen molar-refractivity contribution in [2.75, 3.05) is 26.0 Å². The van der Waals surface area contributed by atoms with Crippen molar-refractivity contribution in [1.29, 1.82) is 0 Å². The molecule has 0 atom stereocenters. The number of pyridine rings is 1. The normalized spacial score (nSPS) is 9.31. The summed E-state index contributed by atoms with van der Waals surface area (Å²) in [7, 11) is 1.49. The second-order valence-electron chi connectivity index (χ2n) is 3.12. The Labute approximate surface area is 101 Å². The van der Waals surface area contributed by atoms with Crippen LogP contribution in [0.25, 0.3) is 0 Å². The Morgan fingerprint density at radius 2 is 2.31 bits per heavy atom. The van der Waals surface area contributed by atoms with Gasteiger partial charge in [-0.3, -0.25) is 4.79 Å². The molecular weight excluding hydrogens is 230 g/mol. The molecule has 0 bridgehead atoms. The maximum atomic E-state index is 11.0. The standard InChI is InChI=1S/C10H15N3O2.ClH/c1-15-7-10(14)12-5-4-8-2-3-9(11)13-6-8;/h2-3,6H,4-5,7H2,1H3,(H2,11,13)(H,12,14);1H. The summed E-state index contributed by atoms with van der Waals surface area (Å²) < 4.78 is 4.68. The Morgan fingerprint density at radius 3 is 2.88 bits per heavy atom. The van der Waals surface area contributed by atoms with E-state index in [2.05, 4.69) is 15.0 Å². The SMILES string of the molecule is COCC(=O)NCCc1ccc(N)nc1.Cl. The van der Waals surface area contributed by atoms with Crippen molar-refractivity contribution in [2.24, 2.45) is 0 Å². The third-order valence-corrected chi connectivity index (χ3v) is 1.86. The Kier molecular flexibility index (Phi) is 7.24. The van der Waals surface area contributed by atoms with E-state index in [1.807, 2.05) is 6.07 Å². The van der Waals surface area contributed by atoms with Crippen molar-refractivity contribution in [3.05, 3.63) is 23.9 Å². The van der Waals surface area contributed by atoms with E-state index in [0.29, 0.717) is 12.4 Å². The van der Waals surface area contributed by atoms with E-state index >= 15 is 0 Å². The molecule has 90 valence electrons. The van der Waals surface area contributed by atoms with Crippen LogP contribution in [-0.2, 0) is 16.0 Å². The molecule has 6 heteroatoms. The van der Waals surface area contributed by atoms with Crippen LogP contribution in [0.2, 0.25) is 0 Å². The van der Waals surface area contributed by atoms with E-state index < -0.39 is 0 Å². The van der Waals surface area contributed by atoms with Crippen LogP contribution in [0.3, 0.4) is 0 Å². The van der Waals surface area contributed by atoms with Gasteiger partial charge in [0.05, 0.1) is 0 Å². The van der Waals surface area contributed by atoms with Crippen molar-refractivity contribution in [2.45, 2.75) is 6.42 Å². The van der Waals surface area contributed by atoms with Crippen LogP contribution in [0.5, 0.6) is 0 Å². The van der Waals surface area contributed by atoms with Gasteiger partial charge in [0.1, 0.15) is 12.4 Å². The van der Waals surface area contributed by atoms with Crippen LogP contribution in [-0.4, -0.2) is 31.2 Å². The number of methoxy groups -OCH3 is 1. The molecule has 5 nitrogen and oxygen atoms in total. The zero-order chi connectivity index (χ0) is 11.1. The van der Waals surface area contributed by atoms with Crippen LogP contribution in [0.1, 0.15) is 5.56 Å². The van der Waals surface area contributed by atoms with E-state index in [1.165, 1.54) is 7.11 Å². The quantitative estimate of drug-likeness (QED) is 0.787. The lowest BCUT2D eigenvalue weighted by Gasteiger charge is -2.04. The molecule has 1 aromatic heterocycles. The average Bonchev–Trinajstić information content (AvgIpc) is 2.21. The lowest BCUT2D eigenvalue weighted by molar-refractivity contribution is -0.124. The minimum absolute atomic E-state index is 0. The van der Waals surface area contributed by atoms with Gasteiger partial charge in [0.15, 0.2) is 0 Å². The number of nitrogens with one attached hydrogen (secondary N) is 1. The fourth-order valence-corrected chi connectivity index (χ4v) is 1.11. The van der Waals surface area contributed by atoms with Crippen molar-refractivity contribution in [3.63, 3.8) is 0 Å². The maximum Gasteiger partial charge on any atom is 0.245 e. The number of amides is 1. The first-order valence-corrected chi connectivity index (χ1v) is 4.68. The molecule has 0 aliphatic heterocycles. The number of nitrogen functional groups attached to an aromatic ring is 1. The summed E-state index contributed by atoms with van der Waals surface area (Å²) in [5.74, 6) is 0.392. The molecule has 0 aliphatic carbocycles. The van der Waals surface area contributed by atoms with Gasteiger partial charge in [-0.1, -0.05) is 6.07 Å². The van der Waals surface area contributed by atoms with Crippen molar-refractivity contribution in [3.8, 4) is 0 Å². The third kappa shape index (κ3) is 5.53. The van der Waals surface area contributed by atoms with Gasteiger partial charge in [-0.2, -0.15) is 0 Å². The first-order valence-electron chi connectivity index (χ1n) is 4.68. The summed E-state index contributed by atoms with van der Waals surface area (Å²) in [5.41, 5.74) is 6.49. The number of nitrogens with two attached hydrogens (primary N) is 1. The van der Waals surface area contributed by atoms with Gasteiger partial charge in [0.25, 0.3) is 0 Å². The molecular formula is C10H16ClN3O2. The highest BCUT2D eigenvalue weighted by Gasteiger charge is 1.99. The van der Waals surface area contributed by atoms with E-state index in [0.717, 1.165) is 12.0 Å². The van der Waals surface area contributed by atoms with Gasteiger partial charge in [0, 0.05) is 19.9 Å². The molecule has 0 unspecified atom stereocenters. The van der Waals surface area contributed by atoms with Gasteiger partial charge in [-0.25, -0.2) is 4.98 Å². The second-order valence-corrected chi connectivity index (χ2v) is 3.12. The number of carbonyl (C=O) groups is 1. The number of aromatic nitrogens is 1. The van der Waals surface area contributed by atoms with Crippen LogP contribution in [0.4, 0.5) is 5.82 Å². The number of rotatable bonds is 5. The number of hydrogen-bond acceptors (Lipinski definition) is 4. The molecule has 0 radical (unpaired) electrons. The Balaban J connectivity index is 0.00000225. The highest BCUT2D eigenvalue weighted by Crippen LogP contribution is 2.00. The zero-order valence-electron chi connectivity index (χ0n) is 9.10. The summed E-state index contributed by atoms with van der Waals surface area (Å²) in [4.78, 5) is 15.0. The average molecular weight is 246 g/mol. The first kappa shape index (κ1) is 14.7. The molecule has 0 fully saturated rings. The smallest absolute Gasteiger partial charge is 0.245 e. The highest BCUT2D eigenvalue weighted by atomic mass is 35.5. The third-order valence-electron chi connectivity index (χ3n) is 1.86. The minimum Gasteiger partial charge on any atom is -0.384 e. The predicted octanol–water partition coefficient (Wildman–Crippen LogP) is 0.391. The Morgan fingerprint density at radius 1 is 1.56 bits per heavy atom. The molecule has 1 aromatic rings. The molecule has 0 spiro atoms. The fraction of sp³-hybridized carbons (Fsp3) is 0.400. The number of hydrogen-bond donors (Lipinski definition) is 2. The zero-order valence-corrected chi connectivity index (χ0v) is 9.92. The van der Waals surface area contributed by atoms with Gasteiger partial charge in [-0.15, -0.1) is 12.4 Å². The number of halogens is 1. The first-order chi connectivity index (χ1) is 7.22.